The quantitative estimate of drug-likeness (QED) is 0.787. The maximum Gasteiger partial charge on any atom is 0.272 e. The van der Waals surface area contributed by atoms with E-state index in [9.17, 15) is 14.7 Å². The maximum absolute atomic E-state index is 12.4. The highest BCUT2D eigenvalue weighted by atomic mass is 32.2. The molecule has 1 fully saturated rings. The first-order valence-corrected chi connectivity index (χ1v) is 9.29. The fourth-order valence-corrected chi connectivity index (χ4v) is 3.86. The van der Waals surface area contributed by atoms with Crippen LogP contribution in [-0.4, -0.2) is 41.9 Å². The molecule has 1 saturated heterocycles. The van der Waals surface area contributed by atoms with E-state index in [4.69, 9.17) is 9.47 Å². The molecule has 0 saturated carbocycles. The summed E-state index contributed by atoms with van der Waals surface area (Å²) in [7, 11) is 3.08. The zero-order chi connectivity index (χ0) is 19.4. The summed E-state index contributed by atoms with van der Waals surface area (Å²) in [6.45, 7) is 0. The minimum atomic E-state index is -1.37. The molecule has 0 radical (unpaired) electrons. The fourth-order valence-electron chi connectivity index (χ4n) is 2.76. The first-order chi connectivity index (χ1) is 13.0. The number of hydrogen-bond donors (Lipinski definition) is 2. The highest BCUT2D eigenvalue weighted by Gasteiger charge is 2.36. The molecule has 2 atom stereocenters. The number of hydrazine groups is 1. The molecule has 142 valence electrons. The van der Waals surface area contributed by atoms with Crippen LogP contribution in [-0.2, 0) is 9.59 Å². The summed E-state index contributed by atoms with van der Waals surface area (Å²) in [6, 6.07) is 13.9. The topological polar surface area (TPSA) is 88.1 Å². The molecule has 3 rings (SSSR count). The number of nitrogens with one attached hydrogen (secondary N) is 1. The Morgan fingerprint density at radius 3 is 2.56 bits per heavy atom. The number of nitrogens with zero attached hydrogens (tertiary/aromatic N) is 1. The van der Waals surface area contributed by atoms with Crippen LogP contribution in [0, 0.1) is 0 Å². The number of methoxy groups -OCH3 is 2. The molecule has 0 aromatic heterocycles. The third kappa shape index (κ3) is 4.01. The van der Waals surface area contributed by atoms with Gasteiger partial charge < -0.3 is 14.6 Å². The van der Waals surface area contributed by atoms with Crippen LogP contribution in [0.2, 0.25) is 0 Å². The molecule has 1 aliphatic rings. The minimum absolute atomic E-state index is 0.223. The second-order valence-corrected chi connectivity index (χ2v) is 6.90. The zero-order valence-corrected chi connectivity index (χ0v) is 15.7. The van der Waals surface area contributed by atoms with Crippen LogP contribution >= 0.6 is 11.8 Å². The Bertz CT molecular complexity index is 830. The van der Waals surface area contributed by atoms with Crippen LogP contribution in [0.3, 0.4) is 0 Å². The van der Waals surface area contributed by atoms with Gasteiger partial charge in [-0.3, -0.25) is 15.0 Å². The molecule has 0 aliphatic carbocycles. The van der Waals surface area contributed by atoms with Crippen LogP contribution in [0.25, 0.3) is 0 Å². The van der Waals surface area contributed by atoms with Gasteiger partial charge in [0.15, 0.2) is 17.6 Å². The Hall–Kier alpha value is -2.71. The molecule has 2 N–H and O–H groups in total. The number of aliphatic hydroxyl groups excluding tert-OH is 1. The highest BCUT2D eigenvalue weighted by molar-refractivity contribution is 8.00. The second-order valence-electron chi connectivity index (χ2n) is 5.83. The summed E-state index contributed by atoms with van der Waals surface area (Å²) >= 11 is 1.38. The lowest BCUT2D eigenvalue weighted by atomic mass is 10.1. The molecule has 7 nitrogen and oxygen atoms in total. The van der Waals surface area contributed by atoms with E-state index in [-0.39, 0.29) is 11.7 Å². The number of benzene rings is 2. The van der Waals surface area contributed by atoms with E-state index >= 15 is 0 Å². The van der Waals surface area contributed by atoms with Gasteiger partial charge in [-0.2, -0.15) is 0 Å². The molecule has 1 heterocycles. The van der Waals surface area contributed by atoms with Crippen molar-refractivity contribution in [2.45, 2.75) is 11.5 Å². The Morgan fingerprint density at radius 2 is 1.89 bits per heavy atom. The number of carbonyl (C=O) groups is 2. The molecular formula is C19H20N2O5S. The van der Waals surface area contributed by atoms with Crippen molar-refractivity contribution in [1.29, 1.82) is 0 Å². The van der Waals surface area contributed by atoms with Gasteiger partial charge in [-0.05, 0) is 23.3 Å². The Morgan fingerprint density at radius 1 is 1.19 bits per heavy atom. The van der Waals surface area contributed by atoms with Gasteiger partial charge in [-0.1, -0.05) is 36.4 Å². The minimum Gasteiger partial charge on any atom is -0.493 e. The second kappa shape index (κ2) is 8.32. The molecule has 2 aromatic rings. The van der Waals surface area contributed by atoms with Gasteiger partial charge in [0.25, 0.3) is 11.8 Å². The highest BCUT2D eigenvalue weighted by Crippen LogP contribution is 2.40. The predicted octanol–water partition coefficient (Wildman–Crippen LogP) is 2.04. The summed E-state index contributed by atoms with van der Waals surface area (Å²) in [5.41, 5.74) is 3.77. The molecule has 1 aliphatic heterocycles. The molecule has 8 heteroatoms. The molecular weight excluding hydrogens is 368 g/mol. The van der Waals surface area contributed by atoms with Crippen molar-refractivity contribution in [3.8, 4) is 11.5 Å². The van der Waals surface area contributed by atoms with Gasteiger partial charge in [0.2, 0.25) is 0 Å². The molecule has 2 amide bonds. The van der Waals surface area contributed by atoms with Crippen LogP contribution in [0.4, 0.5) is 0 Å². The average Bonchev–Trinajstić information content (AvgIpc) is 3.07. The molecule has 2 aromatic carbocycles. The molecule has 0 bridgehead atoms. The van der Waals surface area contributed by atoms with E-state index in [1.165, 1.54) is 23.9 Å². The summed E-state index contributed by atoms with van der Waals surface area (Å²) in [4.78, 5) is 24.7. The average molecular weight is 388 g/mol. The fraction of sp³-hybridized carbons (Fsp3) is 0.263. The normalized spacial score (nSPS) is 17.5. The van der Waals surface area contributed by atoms with E-state index in [0.29, 0.717) is 17.1 Å². The van der Waals surface area contributed by atoms with E-state index < -0.39 is 17.4 Å². The lowest BCUT2D eigenvalue weighted by Crippen LogP contribution is -2.46. The van der Waals surface area contributed by atoms with Crippen molar-refractivity contribution in [3.05, 3.63) is 59.7 Å². The first-order valence-electron chi connectivity index (χ1n) is 8.24. The molecule has 2 unspecified atom stereocenters. The van der Waals surface area contributed by atoms with Crippen molar-refractivity contribution in [2.24, 2.45) is 0 Å². The number of ether oxygens (including phenoxy) is 2. The van der Waals surface area contributed by atoms with E-state index in [1.807, 2.05) is 6.07 Å². The maximum atomic E-state index is 12.4. The van der Waals surface area contributed by atoms with Crippen molar-refractivity contribution in [2.75, 3.05) is 20.0 Å². The van der Waals surface area contributed by atoms with E-state index in [1.54, 1.807) is 49.6 Å². The van der Waals surface area contributed by atoms with Crippen LogP contribution in [0.5, 0.6) is 11.5 Å². The Balaban J connectivity index is 1.79. The van der Waals surface area contributed by atoms with Crippen molar-refractivity contribution in [1.82, 2.24) is 10.4 Å². The van der Waals surface area contributed by atoms with Gasteiger partial charge in [-0.25, -0.2) is 5.01 Å². The SMILES string of the molecule is COc1ccc(C2SCC(=O)N2NC(=O)C(O)c2ccccc2)cc1OC. The lowest BCUT2D eigenvalue weighted by molar-refractivity contribution is -0.144. The number of amides is 2. The van der Waals surface area contributed by atoms with Crippen LogP contribution in [0.15, 0.2) is 48.5 Å². The van der Waals surface area contributed by atoms with E-state index in [2.05, 4.69) is 5.43 Å². The van der Waals surface area contributed by atoms with Gasteiger partial charge >= 0.3 is 0 Å². The lowest BCUT2D eigenvalue weighted by Gasteiger charge is -2.26. The summed E-state index contributed by atoms with van der Waals surface area (Å²) in [5, 5.41) is 11.1. The molecule has 0 spiro atoms. The van der Waals surface area contributed by atoms with Crippen molar-refractivity contribution in [3.63, 3.8) is 0 Å². The van der Waals surface area contributed by atoms with Crippen LogP contribution < -0.4 is 14.9 Å². The van der Waals surface area contributed by atoms with Crippen molar-refractivity contribution < 1.29 is 24.2 Å². The van der Waals surface area contributed by atoms with Gasteiger partial charge in [-0.15, -0.1) is 11.8 Å². The third-order valence-electron chi connectivity index (χ3n) is 4.15. The summed E-state index contributed by atoms with van der Waals surface area (Å²) in [5.74, 6) is 0.424. The third-order valence-corrected chi connectivity index (χ3v) is 5.37. The van der Waals surface area contributed by atoms with Crippen molar-refractivity contribution >= 4 is 23.6 Å². The molecule has 27 heavy (non-hydrogen) atoms. The van der Waals surface area contributed by atoms with Crippen LogP contribution in [0.1, 0.15) is 22.6 Å². The smallest absolute Gasteiger partial charge is 0.272 e. The van der Waals surface area contributed by atoms with E-state index in [0.717, 1.165) is 5.56 Å². The number of thioether (sulfide) groups is 1. The predicted molar refractivity (Wildman–Crippen MR) is 101 cm³/mol. The Labute approximate surface area is 161 Å². The largest absolute Gasteiger partial charge is 0.493 e. The number of hydrogen-bond acceptors (Lipinski definition) is 6. The summed E-state index contributed by atoms with van der Waals surface area (Å²) < 4.78 is 10.5. The number of carbonyl (C=O) groups excluding carboxylic acids is 2. The standard InChI is InChI=1S/C19H20N2O5S/c1-25-14-9-8-13(10-15(14)26-2)19-21(16(22)11-27-19)20-18(24)17(23)12-6-4-3-5-7-12/h3-10,17,19,23H,11H2,1-2H3,(H,20,24). The monoisotopic (exact) mass is 388 g/mol. The number of rotatable bonds is 6. The zero-order valence-electron chi connectivity index (χ0n) is 14.9. The number of aliphatic hydroxyl groups is 1. The van der Waals surface area contributed by atoms with Gasteiger partial charge in [0.1, 0.15) is 5.37 Å². The first kappa shape index (κ1) is 19.1. The van der Waals surface area contributed by atoms with Gasteiger partial charge in [0, 0.05) is 0 Å². The van der Waals surface area contributed by atoms with Gasteiger partial charge in [0.05, 0.1) is 20.0 Å². The summed E-state index contributed by atoms with van der Waals surface area (Å²) in [6.07, 6.45) is -1.37. The Kier molecular flexibility index (Phi) is 5.88.